The van der Waals surface area contributed by atoms with Gasteiger partial charge in [-0.1, -0.05) is 0 Å². The lowest BCUT2D eigenvalue weighted by molar-refractivity contribution is 0.286. The summed E-state index contributed by atoms with van der Waals surface area (Å²) in [6.07, 6.45) is 1.70. The van der Waals surface area contributed by atoms with Crippen LogP contribution in [0.1, 0.15) is 12.8 Å². The molecule has 0 fully saturated rings. The largest absolute Gasteiger partial charge is 0.417 e. The van der Waals surface area contributed by atoms with Crippen LogP contribution in [0, 0.1) is 0 Å². The van der Waals surface area contributed by atoms with Crippen molar-refractivity contribution < 1.29 is 9.52 Å². The van der Waals surface area contributed by atoms with Crippen LogP contribution in [0.3, 0.4) is 0 Å². The van der Waals surface area contributed by atoms with Crippen LogP contribution >= 0.6 is 0 Å². The van der Waals surface area contributed by atoms with Crippen LogP contribution in [-0.4, -0.2) is 23.2 Å². The highest BCUT2D eigenvalue weighted by atomic mass is 16.4. The number of benzene rings is 1. The number of fused-ring (bicyclic) bond motifs is 1. The van der Waals surface area contributed by atoms with E-state index in [0.717, 1.165) is 25.1 Å². The molecule has 1 heterocycles. The molecule has 5 nitrogen and oxygen atoms in total. The number of anilines is 1. The van der Waals surface area contributed by atoms with Gasteiger partial charge in [0.15, 0.2) is 5.58 Å². The highest BCUT2D eigenvalue weighted by molar-refractivity contribution is 5.76. The molecule has 0 unspecified atom stereocenters. The fourth-order valence-electron chi connectivity index (χ4n) is 1.53. The smallest absolute Gasteiger partial charge is 0.408 e. The third kappa shape index (κ3) is 2.43. The molecule has 0 bridgehead atoms. The van der Waals surface area contributed by atoms with E-state index in [-0.39, 0.29) is 6.61 Å². The van der Waals surface area contributed by atoms with Crippen LogP contribution in [0.5, 0.6) is 0 Å². The summed E-state index contributed by atoms with van der Waals surface area (Å²) in [4.78, 5) is 13.5. The number of H-pyrrole nitrogens is 1. The van der Waals surface area contributed by atoms with Crippen LogP contribution in [0.4, 0.5) is 5.69 Å². The van der Waals surface area contributed by atoms with Gasteiger partial charge in [-0.25, -0.2) is 4.79 Å². The zero-order valence-electron chi connectivity index (χ0n) is 8.82. The fraction of sp³-hybridized carbons (Fsp3) is 0.364. The Balaban J connectivity index is 2.04. The Morgan fingerprint density at radius 3 is 3.06 bits per heavy atom. The molecule has 0 spiro atoms. The average molecular weight is 222 g/mol. The Bertz CT molecular complexity index is 515. The SMILES string of the molecule is O=c1[nH]c2cc(NCCCCO)ccc2o1. The highest BCUT2D eigenvalue weighted by Gasteiger charge is 2.01. The van der Waals surface area contributed by atoms with Gasteiger partial charge in [0.2, 0.25) is 0 Å². The minimum Gasteiger partial charge on any atom is -0.408 e. The summed E-state index contributed by atoms with van der Waals surface area (Å²) in [6, 6.07) is 5.44. The molecular weight excluding hydrogens is 208 g/mol. The van der Waals surface area contributed by atoms with Gasteiger partial charge in [-0.05, 0) is 31.0 Å². The van der Waals surface area contributed by atoms with Crippen LogP contribution in [0.25, 0.3) is 11.1 Å². The number of aliphatic hydroxyl groups is 1. The Hall–Kier alpha value is -1.75. The Morgan fingerprint density at radius 2 is 2.25 bits per heavy atom. The van der Waals surface area contributed by atoms with Crippen molar-refractivity contribution in [2.24, 2.45) is 0 Å². The van der Waals surface area contributed by atoms with E-state index >= 15 is 0 Å². The Morgan fingerprint density at radius 1 is 1.38 bits per heavy atom. The molecule has 5 heteroatoms. The van der Waals surface area contributed by atoms with Gasteiger partial charge in [0.05, 0.1) is 5.52 Å². The van der Waals surface area contributed by atoms with Gasteiger partial charge in [0.1, 0.15) is 0 Å². The molecule has 0 radical (unpaired) electrons. The van der Waals surface area contributed by atoms with E-state index in [0.29, 0.717) is 11.1 Å². The molecule has 0 saturated carbocycles. The quantitative estimate of drug-likeness (QED) is 0.666. The zero-order chi connectivity index (χ0) is 11.4. The van der Waals surface area contributed by atoms with Crippen LogP contribution in [0.15, 0.2) is 27.4 Å². The number of nitrogens with one attached hydrogen (secondary N) is 2. The van der Waals surface area contributed by atoms with Gasteiger partial charge in [-0.3, -0.25) is 4.98 Å². The first kappa shape index (κ1) is 10.8. The molecule has 0 atom stereocenters. The second-order valence-electron chi connectivity index (χ2n) is 3.58. The van der Waals surface area contributed by atoms with E-state index < -0.39 is 5.76 Å². The molecule has 3 N–H and O–H groups in total. The van der Waals surface area contributed by atoms with E-state index in [1.807, 2.05) is 12.1 Å². The summed E-state index contributed by atoms with van der Waals surface area (Å²) in [5, 5.41) is 11.8. The van der Waals surface area contributed by atoms with Gasteiger partial charge in [-0.15, -0.1) is 0 Å². The molecule has 1 aromatic carbocycles. The molecule has 2 aromatic rings. The van der Waals surface area contributed by atoms with Crippen LogP contribution in [-0.2, 0) is 0 Å². The van der Waals surface area contributed by atoms with E-state index in [9.17, 15) is 4.79 Å². The first-order valence-electron chi connectivity index (χ1n) is 5.27. The van der Waals surface area contributed by atoms with Crippen molar-refractivity contribution in [2.75, 3.05) is 18.5 Å². The lowest BCUT2D eigenvalue weighted by atomic mass is 10.2. The van der Waals surface area contributed by atoms with Gasteiger partial charge in [0.25, 0.3) is 0 Å². The van der Waals surface area contributed by atoms with E-state index in [2.05, 4.69) is 10.3 Å². The van der Waals surface area contributed by atoms with Crippen molar-refractivity contribution in [2.45, 2.75) is 12.8 Å². The van der Waals surface area contributed by atoms with Crippen molar-refractivity contribution in [3.8, 4) is 0 Å². The predicted octanol–water partition coefficient (Wildman–Crippen LogP) is 1.31. The summed E-state index contributed by atoms with van der Waals surface area (Å²) < 4.78 is 4.89. The first-order chi connectivity index (χ1) is 7.79. The summed E-state index contributed by atoms with van der Waals surface area (Å²) in [7, 11) is 0. The maximum absolute atomic E-state index is 10.9. The molecule has 0 saturated heterocycles. The van der Waals surface area contributed by atoms with Crippen LogP contribution in [0.2, 0.25) is 0 Å². The average Bonchev–Trinajstić information content (AvgIpc) is 2.64. The number of oxazole rings is 1. The highest BCUT2D eigenvalue weighted by Crippen LogP contribution is 2.15. The number of aromatic amines is 1. The minimum absolute atomic E-state index is 0.218. The number of aliphatic hydroxyl groups excluding tert-OH is 1. The number of rotatable bonds is 5. The van der Waals surface area contributed by atoms with Gasteiger partial charge in [0, 0.05) is 18.8 Å². The second-order valence-corrected chi connectivity index (χ2v) is 3.58. The normalized spacial score (nSPS) is 10.8. The second kappa shape index (κ2) is 4.85. The summed E-state index contributed by atoms with van der Waals surface area (Å²) >= 11 is 0. The number of hydrogen-bond acceptors (Lipinski definition) is 4. The zero-order valence-corrected chi connectivity index (χ0v) is 8.82. The van der Waals surface area contributed by atoms with E-state index in [4.69, 9.17) is 9.52 Å². The Labute approximate surface area is 92.1 Å². The lowest BCUT2D eigenvalue weighted by Crippen LogP contribution is -2.02. The third-order valence-corrected chi connectivity index (χ3v) is 2.33. The van der Waals surface area contributed by atoms with Crippen molar-refractivity contribution in [1.29, 1.82) is 0 Å². The van der Waals surface area contributed by atoms with E-state index in [1.54, 1.807) is 6.07 Å². The molecular formula is C11H14N2O3. The number of unbranched alkanes of at least 4 members (excludes halogenated alkanes) is 1. The first-order valence-corrected chi connectivity index (χ1v) is 5.27. The lowest BCUT2D eigenvalue weighted by Gasteiger charge is -2.04. The summed E-state index contributed by atoms with van der Waals surface area (Å²) in [6.45, 7) is 1.02. The topological polar surface area (TPSA) is 78.3 Å². The van der Waals surface area contributed by atoms with E-state index in [1.165, 1.54) is 0 Å². The summed E-state index contributed by atoms with van der Waals surface area (Å²) in [5.74, 6) is -0.438. The molecule has 0 aliphatic rings. The molecule has 16 heavy (non-hydrogen) atoms. The van der Waals surface area contributed by atoms with Crippen molar-refractivity contribution in [3.05, 3.63) is 28.7 Å². The maximum atomic E-state index is 10.9. The van der Waals surface area contributed by atoms with Crippen molar-refractivity contribution in [1.82, 2.24) is 4.98 Å². The number of hydrogen-bond donors (Lipinski definition) is 3. The van der Waals surface area contributed by atoms with Gasteiger partial charge in [-0.2, -0.15) is 0 Å². The molecule has 0 aliphatic heterocycles. The standard InChI is InChI=1S/C11H14N2O3/c14-6-2-1-5-12-8-3-4-10-9(7-8)13-11(15)16-10/h3-4,7,12,14H,1-2,5-6H2,(H,13,15). The maximum Gasteiger partial charge on any atom is 0.417 e. The molecule has 86 valence electrons. The monoisotopic (exact) mass is 222 g/mol. The van der Waals surface area contributed by atoms with Gasteiger partial charge >= 0.3 is 5.76 Å². The predicted molar refractivity (Wildman–Crippen MR) is 61.6 cm³/mol. The summed E-state index contributed by atoms with van der Waals surface area (Å²) in [5.41, 5.74) is 2.19. The molecule has 2 rings (SSSR count). The molecule has 1 aromatic heterocycles. The molecule has 0 aliphatic carbocycles. The van der Waals surface area contributed by atoms with Crippen LogP contribution < -0.4 is 11.1 Å². The number of aromatic nitrogens is 1. The minimum atomic E-state index is -0.438. The fourth-order valence-corrected chi connectivity index (χ4v) is 1.53. The van der Waals surface area contributed by atoms with Crippen molar-refractivity contribution in [3.63, 3.8) is 0 Å². The molecule has 0 amide bonds. The van der Waals surface area contributed by atoms with Crippen molar-refractivity contribution >= 4 is 16.8 Å². The van der Waals surface area contributed by atoms with Gasteiger partial charge < -0.3 is 14.8 Å². The Kier molecular flexibility index (Phi) is 3.26. The third-order valence-electron chi connectivity index (χ3n) is 2.33.